The second kappa shape index (κ2) is 13.0. The van der Waals surface area contributed by atoms with Gasteiger partial charge in [0.05, 0.1) is 31.3 Å². The van der Waals surface area contributed by atoms with Gasteiger partial charge in [0.2, 0.25) is 0 Å². The first-order valence-corrected chi connectivity index (χ1v) is 12.3. The lowest BCUT2D eigenvalue weighted by molar-refractivity contribution is -0.0857. The van der Waals surface area contributed by atoms with E-state index in [4.69, 9.17) is 25.3 Å². The minimum absolute atomic E-state index is 0.111. The monoisotopic (exact) mass is 499 g/mol. The van der Waals surface area contributed by atoms with E-state index in [1.54, 1.807) is 0 Å². The van der Waals surface area contributed by atoms with Crippen LogP contribution < -0.4 is 5.73 Å². The van der Waals surface area contributed by atoms with Crippen LogP contribution in [0.25, 0.3) is 0 Å². The Morgan fingerprint density at radius 2 is 1.22 bits per heavy atom. The Morgan fingerprint density at radius 1 is 0.812 bits per heavy atom. The Hall–Kier alpha value is -0.320. The summed E-state index contributed by atoms with van der Waals surface area (Å²) in [6.45, 7) is 11.2. The van der Waals surface area contributed by atoms with Gasteiger partial charge in [0.15, 0.2) is 0 Å². The van der Waals surface area contributed by atoms with Crippen molar-refractivity contribution in [2.75, 3.05) is 19.8 Å². The van der Waals surface area contributed by atoms with Crippen molar-refractivity contribution in [3.63, 3.8) is 0 Å². The third-order valence-electron chi connectivity index (χ3n) is 5.08. The molecule has 32 heavy (non-hydrogen) atoms. The molecule has 0 spiro atoms. The van der Waals surface area contributed by atoms with Crippen molar-refractivity contribution in [2.45, 2.75) is 65.0 Å². The molecule has 1 rings (SSSR count). The van der Waals surface area contributed by atoms with Crippen LogP contribution in [0.3, 0.4) is 0 Å². The first kappa shape index (κ1) is 31.7. The molecule has 10 nitrogen and oxygen atoms in total. The average Bonchev–Trinajstić information content (AvgIpc) is 2.66. The first-order valence-electron chi connectivity index (χ1n) is 9.93. The Kier molecular flexibility index (Phi) is 12.8. The predicted molar refractivity (Wildman–Crippen MR) is 124 cm³/mol. The molecule has 0 aliphatic carbocycles. The molecule has 1 atom stereocenters. The van der Waals surface area contributed by atoms with Crippen LogP contribution in [0.15, 0.2) is 12.1 Å². The maximum absolute atomic E-state index is 11.0. The highest BCUT2D eigenvalue weighted by molar-refractivity contribution is 7.53. The van der Waals surface area contributed by atoms with E-state index in [9.17, 15) is 20.4 Å². The van der Waals surface area contributed by atoms with Gasteiger partial charge in [-0.25, -0.2) is 4.31 Å². The van der Waals surface area contributed by atoms with E-state index in [0.717, 1.165) is 16.7 Å². The van der Waals surface area contributed by atoms with Gasteiger partial charge in [-0.05, 0) is 33.1 Å². The number of benzene rings is 1. The molecule has 1 unspecified atom stereocenters. The zero-order valence-corrected chi connectivity index (χ0v) is 21.3. The Balaban J connectivity index is 0.00000118. The van der Waals surface area contributed by atoms with Crippen LogP contribution in [0.1, 0.15) is 69.9 Å². The molecule has 0 aliphatic rings. The highest BCUT2D eigenvalue weighted by Gasteiger charge is 2.40. The van der Waals surface area contributed by atoms with Crippen LogP contribution in [-0.4, -0.2) is 59.8 Å². The van der Waals surface area contributed by atoms with E-state index >= 15 is 0 Å². The maximum atomic E-state index is 11.0. The molecule has 188 valence electrons. The van der Waals surface area contributed by atoms with Crippen molar-refractivity contribution in [3.05, 3.63) is 34.4 Å². The standard InChI is InChI=1S/C20H35NO4.H4O5P2/c1-18(2,3)15-8-16(19(4,5)6)14(7-13(15)9-21)17(25)20(10-22,11-23)12-24;1-6(2)5-7(3)4/h7-8,17,22-25H,9-12,21H2,1-6H3;1-4H. The van der Waals surface area contributed by atoms with Gasteiger partial charge in [0.25, 0.3) is 0 Å². The van der Waals surface area contributed by atoms with E-state index < -0.39 is 48.5 Å². The van der Waals surface area contributed by atoms with Gasteiger partial charge in [-0.3, -0.25) is 0 Å². The zero-order valence-electron chi connectivity index (χ0n) is 19.5. The fraction of sp³-hybridized carbons (Fsp3) is 0.700. The lowest BCUT2D eigenvalue weighted by Crippen LogP contribution is -2.41. The number of nitrogens with two attached hydrogens (primary N) is 1. The number of rotatable bonds is 8. The Labute approximate surface area is 192 Å². The van der Waals surface area contributed by atoms with E-state index in [1.807, 2.05) is 26.8 Å². The molecule has 1 aromatic rings. The number of hydrogen-bond acceptors (Lipinski definition) is 10. The fourth-order valence-electron chi connectivity index (χ4n) is 3.21. The van der Waals surface area contributed by atoms with Gasteiger partial charge in [0, 0.05) is 6.54 Å². The molecular weight excluding hydrogens is 460 g/mol. The second-order valence-electron chi connectivity index (χ2n) is 9.63. The highest BCUT2D eigenvalue weighted by Crippen LogP contribution is 2.42. The zero-order chi connectivity index (χ0) is 25.5. The van der Waals surface area contributed by atoms with Gasteiger partial charge in [-0.2, -0.15) is 0 Å². The van der Waals surface area contributed by atoms with Crippen LogP contribution in [0.2, 0.25) is 0 Å². The summed E-state index contributed by atoms with van der Waals surface area (Å²) in [5.41, 5.74) is 7.70. The average molecular weight is 499 g/mol. The summed E-state index contributed by atoms with van der Waals surface area (Å²) in [7, 11) is -5.22. The third kappa shape index (κ3) is 8.80. The van der Waals surface area contributed by atoms with Gasteiger partial charge in [-0.1, -0.05) is 53.7 Å². The van der Waals surface area contributed by atoms with Gasteiger partial charge < -0.3 is 45.7 Å². The molecule has 0 fully saturated rings. The van der Waals surface area contributed by atoms with Crippen LogP contribution in [0.5, 0.6) is 0 Å². The summed E-state index contributed by atoms with van der Waals surface area (Å²) >= 11 is 0. The summed E-state index contributed by atoms with van der Waals surface area (Å²) in [5, 5.41) is 40.1. The lowest BCUT2D eigenvalue weighted by atomic mass is 9.71. The first-order chi connectivity index (χ1) is 14.5. The molecule has 0 saturated heterocycles. The molecular formula is C20H39NO9P2. The summed E-state index contributed by atoms with van der Waals surface area (Å²) < 4.78 is 3.60. The third-order valence-corrected chi connectivity index (χ3v) is 6.25. The highest BCUT2D eigenvalue weighted by atomic mass is 31.2. The molecule has 0 bridgehead atoms. The fourth-order valence-corrected chi connectivity index (χ4v) is 3.73. The normalized spacial score (nSPS) is 13.9. The number of hydrogen-bond donors (Lipinski definition) is 9. The lowest BCUT2D eigenvalue weighted by Gasteiger charge is -2.37. The van der Waals surface area contributed by atoms with Crippen molar-refractivity contribution in [3.8, 4) is 0 Å². The van der Waals surface area contributed by atoms with Crippen LogP contribution >= 0.6 is 17.2 Å². The summed E-state index contributed by atoms with van der Waals surface area (Å²) in [4.78, 5) is 31.3. The van der Waals surface area contributed by atoms with E-state index in [1.165, 1.54) is 0 Å². The van der Waals surface area contributed by atoms with Crippen molar-refractivity contribution in [1.82, 2.24) is 0 Å². The summed E-state index contributed by atoms with van der Waals surface area (Å²) in [6.07, 6.45) is -1.21. The molecule has 1 aromatic carbocycles. The van der Waals surface area contributed by atoms with Crippen molar-refractivity contribution in [2.24, 2.45) is 11.1 Å². The van der Waals surface area contributed by atoms with Crippen LogP contribution in [0, 0.1) is 5.41 Å². The van der Waals surface area contributed by atoms with Gasteiger partial charge in [-0.15, -0.1) is 0 Å². The molecule has 0 aromatic heterocycles. The Bertz CT molecular complexity index is 685. The maximum Gasteiger partial charge on any atom is 0.334 e. The van der Waals surface area contributed by atoms with E-state index in [2.05, 4.69) is 31.1 Å². The molecule has 10 N–H and O–H groups in total. The number of aliphatic hydroxyl groups excluding tert-OH is 4. The van der Waals surface area contributed by atoms with E-state index in [-0.39, 0.29) is 10.8 Å². The second-order valence-corrected chi connectivity index (χ2v) is 11.3. The quantitative estimate of drug-likeness (QED) is 0.234. The summed E-state index contributed by atoms with van der Waals surface area (Å²) in [5.74, 6) is 0. The van der Waals surface area contributed by atoms with Crippen molar-refractivity contribution >= 4 is 17.2 Å². The molecule has 0 saturated carbocycles. The number of aliphatic hydroxyl groups is 4. The van der Waals surface area contributed by atoms with E-state index in [0.29, 0.717) is 12.1 Å². The van der Waals surface area contributed by atoms with Crippen molar-refractivity contribution < 1.29 is 44.3 Å². The van der Waals surface area contributed by atoms with Crippen LogP contribution in [0.4, 0.5) is 0 Å². The smallest absolute Gasteiger partial charge is 0.334 e. The topological polar surface area (TPSA) is 197 Å². The minimum atomic E-state index is -2.61. The van der Waals surface area contributed by atoms with Gasteiger partial charge in [0.1, 0.15) is 0 Å². The molecule has 0 aliphatic heterocycles. The predicted octanol–water partition coefficient (Wildman–Crippen LogP) is 1.16. The molecule has 0 radical (unpaired) electrons. The van der Waals surface area contributed by atoms with Gasteiger partial charge >= 0.3 is 17.2 Å². The molecule has 0 amide bonds. The largest absolute Gasteiger partial charge is 0.395 e. The molecule has 12 heteroatoms. The Morgan fingerprint density at radius 3 is 1.47 bits per heavy atom. The van der Waals surface area contributed by atoms with Crippen molar-refractivity contribution in [1.29, 1.82) is 0 Å². The SMILES string of the molecule is CC(C)(C)c1cc(C(C)(C)C)c(C(O)C(CO)(CO)CO)cc1CN.OP(O)OP(O)O. The minimum Gasteiger partial charge on any atom is -0.395 e. The summed E-state index contributed by atoms with van der Waals surface area (Å²) in [6, 6.07) is 3.93. The van der Waals surface area contributed by atoms with Crippen LogP contribution in [-0.2, 0) is 21.7 Å². The molecule has 0 heterocycles.